The van der Waals surface area contributed by atoms with E-state index in [1.165, 1.54) is 12.4 Å². The quantitative estimate of drug-likeness (QED) is 0.785. The monoisotopic (exact) mass is 332 g/mol. The van der Waals surface area contributed by atoms with E-state index >= 15 is 0 Å². The van der Waals surface area contributed by atoms with E-state index in [0.29, 0.717) is 17.9 Å². The molecule has 2 aromatic rings. The predicted octanol–water partition coefficient (Wildman–Crippen LogP) is 1.19. The van der Waals surface area contributed by atoms with E-state index in [9.17, 15) is 13.6 Å². The summed E-state index contributed by atoms with van der Waals surface area (Å²) >= 11 is 0. The first-order valence-corrected chi connectivity index (χ1v) is 6.52. The van der Waals surface area contributed by atoms with E-state index < -0.39 is 13.0 Å². The first kappa shape index (κ1) is 16.4. The van der Waals surface area contributed by atoms with Crippen molar-refractivity contribution in [1.29, 1.82) is 0 Å². The van der Waals surface area contributed by atoms with E-state index in [1.807, 2.05) is 0 Å². The normalized spacial score (nSPS) is 13.6. The van der Waals surface area contributed by atoms with E-state index in [4.69, 9.17) is 0 Å². The molecule has 1 amide bonds. The number of anilines is 1. The topological polar surface area (TPSA) is 87.6 Å². The van der Waals surface area contributed by atoms with Gasteiger partial charge in [0, 0.05) is 37.0 Å². The lowest BCUT2D eigenvalue weighted by Gasteiger charge is -2.12. The fourth-order valence-corrected chi connectivity index (χ4v) is 2.27. The SMILES string of the molecule is Cl.O=C(Nc1cnn(CC(F)F)c1)c1n[nH]c2c1CNCC2. The molecule has 0 spiro atoms. The molecular weight excluding hydrogens is 318 g/mol. The molecule has 1 aliphatic rings. The maximum atomic E-state index is 12.2. The van der Waals surface area contributed by atoms with E-state index in [1.54, 1.807) is 0 Å². The molecule has 0 fully saturated rings. The molecule has 10 heteroatoms. The Labute approximate surface area is 130 Å². The minimum atomic E-state index is -2.49. The first-order chi connectivity index (χ1) is 10.1. The van der Waals surface area contributed by atoms with Gasteiger partial charge in [-0.05, 0) is 0 Å². The molecule has 3 N–H and O–H groups in total. The van der Waals surface area contributed by atoms with Crippen LogP contribution in [0, 0.1) is 0 Å². The van der Waals surface area contributed by atoms with Gasteiger partial charge in [-0.3, -0.25) is 14.6 Å². The van der Waals surface area contributed by atoms with Crippen LogP contribution in [0.15, 0.2) is 12.4 Å². The van der Waals surface area contributed by atoms with Gasteiger partial charge in [0.2, 0.25) is 0 Å². The molecule has 0 aromatic carbocycles. The Hall–Kier alpha value is -2.00. The highest BCUT2D eigenvalue weighted by molar-refractivity contribution is 6.03. The lowest BCUT2D eigenvalue weighted by Crippen LogP contribution is -2.25. The smallest absolute Gasteiger partial charge is 0.276 e. The Balaban J connectivity index is 0.00000176. The summed E-state index contributed by atoms with van der Waals surface area (Å²) in [5, 5.41) is 16.4. The summed E-state index contributed by atoms with van der Waals surface area (Å²) in [5.74, 6) is -0.382. The Morgan fingerprint density at radius 2 is 2.32 bits per heavy atom. The van der Waals surface area contributed by atoms with Crippen molar-refractivity contribution < 1.29 is 13.6 Å². The summed E-state index contributed by atoms with van der Waals surface area (Å²) in [6.07, 6.45) is 0.999. The van der Waals surface area contributed by atoms with Crippen LogP contribution in [0.1, 0.15) is 21.7 Å². The molecule has 3 rings (SSSR count). The number of amides is 1. The third kappa shape index (κ3) is 3.42. The average molecular weight is 333 g/mol. The highest BCUT2D eigenvalue weighted by Gasteiger charge is 2.21. The molecule has 0 saturated heterocycles. The average Bonchev–Trinajstić information content (AvgIpc) is 3.04. The number of halogens is 3. The van der Waals surface area contributed by atoms with Gasteiger partial charge in [-0.2, -0.15) is 10.2 Å². The Kier molecular flexibility index (Phi) is 5.09. The zero-order valence-corrected chi connectivity index (χ0v) is 12.3. The fourth-order valence-electron chi connectivity index (χ4n) is 2.27. The van der Waals surface area contributed by atoms with Crippen molar-refractivity contribution in [3.63, 3.8) is 0 Å². The number of nitrogens with one attached hydrogen (secondary N) is 3. The number of rotatable bonds is 4. The van der Waals surface area contributed by atoms with Gasteiger partial charge in [-0.25, -0.2) is 8.78 Å². The number of hydrogen-bond donors (Lipinski definition) is 3. The zero-order chi connectivity index (χ0) is 14.8. The van der Waals surface area contributed by atoms with Gasteiger partial charge < -0.3 is 10.6 Å². The van der Waals surface area contributed by atoms with Crippen LogP contribution in [-0.2, 0) is 19.5 Å². The van der Waals surface area contributed by atoms with Crippen LogP contribution in [0.5, 0.6) is 0 Å². The molecule has 2 aromatic heterocycles. The van der Waals surface area contributed by atoms with Crippen molar-refractivity contribution in [3.05, 3.63) is 29.3 Å². The predicted molar refractivity (Wildman–Crippen MR) is 77.4 cm³/mol. The highest BCUT2D eigenvalue weighted by atomic mass is 35.5. The van der Waals surface area contributed by atoms with Crippen molar-refractivity contribution in [3.8, 4) is 0 Å². The lowest BCUT2D eigenvalue weighted by atomic mass is 10.1. The Morgan fingerprint density at radius 1 is 1.50 bits per heavy atom. The lowest BCUT2D eigenvalue weighted by molar-refractivity contribution is 0.102. The van der Waals surface area contributed by atoms with Crippen molar-refractivity contribution in [2.75, 3.05) is 11.9 Å². The third-order valence-electron chi connectivity index (χ3n) is 3.24. The maximum absolute atomic E-state index is 12.2. The molecular formula is C12H15ClF2N6O. The Morgan fingerprint density at radius 3 is 3.09 bits per heavy atom. The minimum absolute atomic E-state index is 0. The number of alkyl halides is 2. The summed E-state index contributed by atoms with van der Waals surface area (Å²) in [6, 6.07) is 0. The van der Waals surface area contributed by atoms with Gasteiger partial charge in [-0.15, -0.1) is 12.4 Å². The maximum Gasteiger partial charge on any atom is 0.276 e. The van der Waals surface area contributed by atoms with Crippen molar-refractivity contribution in [1.82, 2.24) is 25.3 Å². The van der Waals surface area contributed by atoms with Crippen LogP contribution in [0.25, 0.3) is 0 Å². The number of aromatic amines is 1. The van der Waals surface area contributed by atoms with Gasteiger partial charge in [-0.1, -0.05) is 0 Å². The zero-order valence-electron chi connectivity index (χ0n) is 11.5. The summed E-state index contributed by atoms with van der Waals surface area (Å²) in [6.45, 7) is 0.924. The number of nitrogens with zero attached hydrogens (tertiary/aromatic N) is 3. The van der Waals surface area contributed by atoms with Crippen molar-refractivity contribution in [2.45, 2.75) is 25.9 Å². The second-order valence-electron chi connectivity index (χ2n) is 4.75. The van der Waals surface area contributed by atoms with E-state index in [0.717, 1.165) is 28.9 Å². The molecule has 22 heavy (non-hydrogen) atoms. The largest absolute Gasteiger partial charge is 0.318 e. The number of fused-ring (bicyclic) bond motifs is 1. The van der Waals surface area contributed by atoms with Crippen molar-refractivity contribution >= 4 is 24.0 Å². The summed E-state index contributed by atoms with van der Waals surface area (Å²) < 4.78 is 25.6. The van der Waals surface area contributed by atoms with Crippen molar-refractivity contribution in [2.24, 2.45) is 0 Å². The second kappa shape index (κ2) is 6.84. The third-order valence-corrected chi connectivity index (χ3v) is 3.24. The van der Waals surface area contributed by atoms with Gasteiger partial charge in [0.15, 0.2) is 5.69 Å². The second-order valence-corrected chi connectivity index (χ2v) is 4.75. The van der Waals surface area contributed by atoms with Crippen LogP contribution in [0.2, 0.25) is 0 Å². The number of aromatic nitrogens is 4. The molecule has 3 heterocycles. The number of H-pyrrole nitrogens is 1. The minimum Gasteiger partial charge on any atom is -0.318 e. The van der Waals surface area contributed by atoms with Crippen LogP contribution in [0.4, 0.5) is 14.5 Å². The summed E-state index contributed by atoms with van der Waals surface area (Å²) in [4.78, 5) is 12.2. The van der Waals surface area contributed by atoms with E-state index in [2.05, 4.69) is 25.9 Å². The first-order valence-electron chi connectivity index (χ1n) is 6.52. The molecule has 0 bridgehead atoms. The van der Waals surface area contributed by atoms with Crippen LogP contribution in [0.3, 0.4) is 0 Å². The summed E-state index contributed by atoms with van der Waals surface area (Å²) in [5.41, 5.74) is 2.48. The molecule has 0 atom stereocenters. The highest BCUT2D eigenvalue weighted by Crippen LogP contribution is 2.17. The Bertz CT molecular complexity index is 656. The molecule has 120 valence electrons. The number of hydrogen-bond acceptors (Lipinski definition) is 4. The number of carbonyl (C=O) groups is 1. The van der Waals surface area contributed by atoms with Gasteiger partial charge in [0.25, 0.3) is 12.3 Å². The molecule has 0 saturated carbocycles. The van der Waals surface area contributed by atoms with Crippen LogP contribution in [-0.4, -0.2) is 38.9 Å². The van der Waals surface area contributed by atoms with Gasteiger partial charge in [0.05, 0.1) is 11.9 Å². The van der Waals surface area contributed by atoms with E-state index in [-0.39, 0.29) is 18.3 Å². The number of carbonyl (C=O) groups excluding carboxylic acids is 1. The standard InChI is InChI=1S/C12H14F2N6O.ClH/c13-10(14)6-20-5-7(3-16-20)17-12(21)11-8-4-15-2-1-9(8)18-19-11;/h3,5,10,15H,1-2,4,6H2,(H,17,21)(H,18,19);1H. The fraction of sp³-hybridized carbons (Fsp3) is 0.417. The summed E-state index contributed by atoms with van der Waals surface area (Å²) in [7, 11) is 0. The van der Waals surface area contributed by atoms with Crippen LogP contribution < -0.4 is 10.6 Å². The van der Waals surface area contributed by atoms with Crippen LogP contribution >= 0.6 is 12.4 Å². The molecule has 0 aliphatic carbocycles. The molecule has 0 unspecified atom stereocenters. The van der Waals surface area contributed by atoms with Gasteiger partial charge in [0.1, 0.15) is 6.54 Å². The van der Waals surface area contributed by atoms with Gasteiger partial charge >= 0.3 is 0 Å². The molecule has 1 aliphatic heterocycles. The molecule has 0 radical (unpaired) electrons. The molecule has 7 nitrogen and oxygen atoms in total.